The number of rotatable bonds is 5. The summed E-state index contributed by atoms with van der Waals surface area (Å²) >= 11 is 1.51. The Morgan fingerprint density at radius 3 is 2.79 bits per heavy atom. The molecule has 0 radical (unpaired) electrons. The summed E-state index contributed by atoms with van der Waals surface area (Å²) in [6.45, 7) is 0.690. The highest BCUT2D eigenvalue weighted by molar-refractivity contribution is 7.09. The highest BCUT2D eigenvalue weighted by Gasteiger charge is 2.26. The van der Waals surface area contributed by atoms with Gasteiger partial charge in [-0.25, -0.2) is 4.98 Å². The summed E-state index contributed by atoms with van der Waals surface area (Å²) in [5.74, 6) is 0.542. The molecule has 0 amide bonds. The van der Waals surface area contributed by atoms with Gasteiger partial charge in [0.2, 0.25) is 5.89 Å². The minimum atomic E-state index is -4.25. The number of aromatic nitrogens is 3. The maximum atomic E-state index is 11.9. The molecule has 2 aromatic rings. The van der Waals surface area contributed by atoms with Gasteiger partial charge in [-0.2, -0.15) is 18.2 Å². The molecule has 0 aromatic carbocycles. The van der Waals surface area contributed by atoms with Gasteiger partial charge in [-0.3, -0.25) is 0 Å². The van der Waals surface area contributed by atoms with Gasteiger partial charge in [0.05, 0.1) is 30.2 Å². The molecule has 0 aliphatic heterocycles. The van der Waals surface area contributed by atoms with Crippen LogP contribution in [0.4, 0.5) is 13.2 Å². The Morgan fingerprint density at radius 1 is 1.37 bits per heavy atom. The molecule has 9 heteroatoms. The van der Waals surface area contributed by atoms with Crippen LogP contribution in [-0.2, 0) is 13.0 Å². The predicted molar refractivity (Wildman–Crippen MR) is 61.7 cm³/mol. The Morgan fingerprint density at radius 2 is 2.16 bits per heavy atom. The van der Waals surface area contributed by atoms with E-state index in [0.717, 1.165) is 10.7 Å². The van der Waals surface area contributed by atoms with Crippen LogP contribution >= 0.6 is 11.3 Å². The second-order valence-electron chi connectivity index (χ2n) is 3.86. The molecule has 2 aromatic heterocycles. The van der Waals surface area contributed by atoms with Gasteiger partial charge in [0, 0.05) is 5.38 Å². The second kappa shape index (κ2) is 5.66. The van der Waals surface area contributed by atoms with Gasteiger partial charge in [-0.05, 0) is 6.92 Å². The fraction of sp³-hybridized carbons (Fsp3) is 0.500. The fourth-order valence-corrected chi connectivity index (χ4v) is 2.01. The third kappa shape index (κ3) is 4.60. The van der Waals surface area contributed by atoms with E-state index in [1.165, 1.54) is 11.3 Å². The summed E-state index contributed by atoms with van der Waals surface area (Å²) in [5, 5.41) is 8.70. The van der Waals surface area contributed by atoms with Gasteiger partial charge in [-0.1, -0.05) is 5.16 Å². The van der Waals surface area contributed by atoms with E-state index in [9.17, 15) is 13.2 Å². The van der Waals surface area contributed by atoms with Crippen molar-refractivity contribution in [2.75, 3.05) is 6.54 Å². The van der Waals surface area contributed by atoms with Crippen molar-refractivity contribution >= 4 is 11.3 Å². The lowest BCUT2D eigenvalue weighted by atomic mass is 10.3. The Kier molecular flexibility index (Phi) is 4.15. The molecule has 0 spiro atoms. The Labute approximate surface area is 110 Å². The van der Waals surface area contributed by atoms with Crippen LogP contribution in [0.3, 0.4) is 0 Å². The highest BCUT2D eigenvalue weighted by atomic mass is 32.1. The van der Waals surface area contributed by atoms with Gasteiger partial charge in [-0.15, -0.1) is 11.3 Å². The summed E-state index contributed by atoms with van der Waals surface area (Å²) < 4.78 is 40.6. The average molecular weight is 292 g/mol. The molecule has 0 fully saturated rings. The van der Waals surface area contributed by atoms with Crippen molar-refractivity contribution < 1.29 is 17.7 Å². The van der Waals surface area contributed by atoms with E-state index in [0.29, 0.717) is 12.2 Å². The molecule has 0 bridgehead atoms. The van der Waals surface area contributed by atoms with Crippen molar-refractivity contribution in [2.45, 2.75) is 26.1 Å². The number of hydrogen-bond donors (Lipinski definition) is 1. The smallest absolute Gasteiger partial charge is 0.338 e. The van der Waals surface area contributed by atoms with Crippen molar-refractivity contribution in [3.8, 4) is 0 Å². The van der Waals surface area contributed by atoms with Crippen LogP contribution < -0.4 is 5.32 Å². The first-order chi connectivity index (χ1) is 8.92. The van der Waals surface area contributed by atoms with Crippen molar-refractivity contribution in [3.05, 3.63) is 27.8 Å². The molecule has 0 aliphatic carbocycles. The zero-order chi connectivity index (χ0) is 13.9. The maximum Gasteiger partial charge on any atom is 0.401 e. The van der Waals surface area contributed by atoms with E-state index in [2.05, 4.69) is 20.4 Å². The first kappa shape index (κ1) is 13.9. The summed E-state index contributed by atoms with van der Waals surface area (Å²) in [4.78, 5) is 8.23. The lowest BCUT2D eigenvalue weighted by Gasteiger charge is -2.05. The van der Waals surface area contributed by atoms with Crippen molar-refractivity contribution in [3.63, 3.8) is 0 Å². The third-order valence-corrected chi connectivity index (χ3v) is 2.94. The monoisotopic (exact) mass is 292 g/mol. The summed E-state index contributed by atoms with van der Waals surface area (Å²) in [5.41, 5.74) is 0.818. The number of thiazole rings is 1. The largest absolute Gasteiger partial charge is 0.401 e. The summed E-state index contributed by atoms with van der Waals surface area (Å²) in [6, 6.07) is 0. The standard InChI is InChI=1S/C10H11F3N4OS/c1-6-15-7(4-19-6)2-8-16-9(18-17-8)3-14-5-10(11,12)13/h4,14H,2-3,5H2,1H3. The van der Waals surface area contributed by atoms with E-state index in [1.54, 1.807) is 0 Å². The summed E-state index contributed by atoms with van der Waals surface area (Å²) in [6.07, 6.45) is -3.84. The molecule has 5 nitrogen and oxygen atoms in total. The van der Waals surface area contributed by atoms with Crippen molar-refractivity contribution in [1.82, 2.24) is 20.4 Å². The molecule has 0 atom stereocenters. The molecule has 0 unspecified atom stereocenters. The van der Waals surface area contributed by atoms with E-state index in [-0.39, 0.29) is 12.4 Å². The van der Waals surface area contributed by atoms with Gasteiger partial charge >= 0.3 is 6.18 Å². The van der Waals surface area contributed by atoms with Gasteiger partial charge in [0.25, 0.3) is 0 Å². The number of aryl methyl sites for hydroxylation is 1. The molecule has 0 saturated carbocycles. The van der Waals surface area contributed by atoms with E-state index in [1.807, 2.05) is 12.3 Å². The lowest BCUT2D eigenvalue weighted by molar-refractivity contribution is -0.125. The van der Waals surface area contributed by atoms with Crippen LogP contribution in [0.1, 0.15) is 22.4 Å². The summed E-state index contributed by atoms with van der Waals surface area (Å²) in [7, 11) is 0. The topological polar surface area (TPSA) is 63.8 Å². The molecule has 104 valence electrons. The Bertz CT molecular complexity index is 537. The highest BCUT2D eigenvalue weighted by Crippen LogP contribution is 2.13. The van der Waals surface area contributed by atoms with Crippen LogP contribution in [0.25, 0.3) is 0 Å². The maximum absolute atomic E-state index is 11.9. The molecule has 19 heavy (non-hydrogen) atoms. The number of hydrogen-bond acceptors (Lipinski definition) is 6. The quantitative estimate of drug-likeness (QED) is 0.914. The normalized spacial score (nSPS) is 12.0. The fourth-order valence-electron chi connectivity index (χ4n) is 1.40. The second-order valence-corrected chi connectivity index (χ2v) is 4.92. The Balaban J connectivity index is 1.85. The molecule has 0 aliphatic rings. The van der Waals surface area contributed by atoms with Gasteiger partial charge < -0.3 is 9.84 Å². The van der Waals surface area contributed by atoms with Crippen molar-refractivity contribution in [2.24, 2.45) is 0 Å². The third-order valence-electron chi connectivity index (χ3n) is 2.12. The van der Waals surface area contributed by atoms with Crippen LogP contribution in [0.2, 0.25) is 0 Å². The van der Waals surface area contributed by atoms with E-state index < -0.39 is 12.7 Å². The molecule has 1 N–H and O–H groups in total. The van der Waals surface area contributed by atoms with Crippen LogP contribution in [0, 0.1) is 6.92 Å². The molecule has 2 heterocycles. The number of nitrogens with zero attached hydrogens (tertiary/aromatic N) is 3. The van der Waals surface area contributed by atoms with Crippen molar-refractivity contribution in [1.29, 1.82) is 0 Å². The minimum Gasteiger partial charge on any atom is -0.338 e. The first-order valence-electron chi connectivity index (χ1n) is 5.42. The van der Waals surface area contributed by atoms with Crippen LogP contribution in [0.5, 0.6) is 0 Å². The van der Waals surface area contributed by atoms with Gasteiger partial charge in [0.1, 0.15) is 0 Å². The zero-order valence-corrected chi connectivity index (χ0v) is 10.8. The molecule has 0 saturated heterocycles. The van der Waals surface area contributed by atoms with Crippen LogP contribution in [0.15, 0.2) is 9.90 Å². The van der Waals surface area contributed by atoms with Crippen LogP contribution in [-0.4, -0.2) is 27.8 Å². The molecule has 2 rings (SSSR count). The minimum absolute atomic E-state index is 0.109. The average Bonchev–Trinajstić information content (AvgIpc) is 2.87. The number of halogens is 3. The predicted octanol–water partition coefficient (Wildman–Crippen LogP) is 2.08. The van der Waals surface area contributed by atoms with E-state index >= 15 is 0 Å². The zero-order valence-electron chi connectivity index (χ0n) is 9.99. The Hall–Kier alpha value is -1.48. The first-order valence-corrected chi connectivity index (χ1v) is 6.30. The SMILES string of the molecule is Cc1nc(Cc2noc(CNCC(F)(F)F)n2)cs1. The van der Waals surface area contributed by atoms with Gasteiger partial charge in [0.15, 0.2) is 5.82 Å². The molecular formula is C10H11F3N4OS. The molecular weight excluding hydrogens is 281 g/mol. The lowest BCUT2D eigenvalue weighted by Crippen LogP contribution is -2.28. The number of alkyl halides is 3. The number of nitrogens with one attached hydrogen (secondary N) is 1. The van der Waals surface area contributed by atoms with E-state index in [4.69, 9.17) is 4.52 Å².